The van der Waals surface area contributed by atoms with E-state index in [1.807, 2.05) is 36.4 Å². The number of nitrogens with zero attached hydrogens (tertiary/aromatic N) is 1. The van der Waals surface area contributed by atoms with Gasteiger partial charge in [-0.15, -0.1) is 0 Å². The first-order valence-corrected chi connectivity index (χ1v) is 10.6. The molecule has 3 aromatic rings. The molecule has 0 aromatic heterocycles. The van der Waals surface area contributed by atoms with Crippen molar-refractivity contribution in [3.8, 4) is 17.6 Å². The summed E-state index contributed by atoms with van der Waals surface area (Å²) >= 11 is 0. The van der Waals surface area contributed by atoms with Gasteiger partial charge >= 0.3 is 0 Å². The van der Waals surface area contributed by atoms with Gasteiger partial charge in [0, 0.05) is 18.5 Å². The van der Waals surface area contributed by atoms with Crippen LogP contribution in [0.25, 0.3) is 0 Å². The van der Waals surface area contributed by atoms with Gasteiger partial charge in [-0.05, 0) is 48.5 Å². The monoisotopic (exact) mass is 421 g/mol. The van der Waals surface area contributed by atoms with E-state index in [2.05, 4.69) is 10.0 Å². The number of carbonyl (C=O) groups excluding carboxylic acids is 1. The van der Waals surface area contributed by atoms with Gasteiger partial charge in [0.2, 0.25) is 10.0 Å². The van der Waals surface area contributed by atoms with Gasteiger partial charge in [-0.1, -0.05) is 30.3 Å². The number of nitrogens with one attached hydrogen (secondary N) is 2. The van der Waals surface area contributed by atoms with Crippen molar-refractivity contribution in [1.29, 1.82) is 5.26 Å². The van der Waals surface area contributed by atoms with Gasteiger partial charge in [-0.2, -0.15) is 5.26 Å². The second-order valence-electron chi connectivity index (χ2n) is 6.20. The van der Waals surface area contributed by atoms with Crippen LogP contribution in [0.15, 0.2) is 83.8 Å². The van der Waals surface area contributed by atoms with E-state index in [4.69, 9.17) is 10.00 Å². The fourth-order valence-corrected chi connectivity index (χ4v) is 3.61. The second kappa shape index (κ2) is 9.69. The molecule has 0 saturated heterocycles. The smallest absolute Gasteiger partial charge is 0.255 e. The molecule has 1 amide bonds. The number of sulfonamides is 1. The van der Waals surface area contributed by atoms with Crippen LogP contribution in [0.2, 0.25) is 0 Å². The van der Waals surface area contributed by atoms with Crippen molar-refractivity contribution in [1.82, 2.24) is 4.72 Å². The van der Waals surface area contributed by atoms with E-state index in [0.717, 1.165) is 0 Å². The largest absolute Gasteiger partial charge is 0.455 e. The van der Waals surface area contributed by atoms with E-state index >= 15 is 0 Å². The van der Waals surface area contributed by atoms with Gasteiger partial charge in [-0.3, -0.25) is 4.79 Å². The number of para-hydroxylation sites is 3. The number of benzene rings is 3. The van der Waals surface area contributed by atoms with Gasteiger partial charge in [0.1, 0.15) is 5.75 Å². The molecule has 7 nitrogen and oxygen atoms in total. The van der Waals surface area contributed by atoms with Crippen molar-refractivity contribution in [3.63, 3.8) is 0 Å². The third-order valence-electron chi connectivity index (χ3n) is 4.06. The molecule has 0 heterocycles. The first-order valence-electron chi connectivity index (χ1n) is 9.09. The number of ether oxygens (including phenoxy) is 1. The lowest BCUT2D eigenvalue weighted by molar-refractivity contribution is 0.102. The Morgan fingerprint density at radius 3 is 2.30 bits per heavy atom. The van der Waals surface area contributed by atoms with Crippen LogP contribution >= 0.6 is 0 Å². The maximum absolute atomic E-state index is 12.6. The Morgan fingerprint density at radius 1 is 0.933 bits per heavy atom. The number of hydrogen-bond donors (Lipinski definition) is 2. The van der Waals surface area contributed by atoms with Gasteiger partial charge in [0.05, 0.1) is 16.7 Å². The maximum Gasteiger partial charge on any atom is 0.255 e. The lowest BCUT2D eigenvalue weighted by Gasteiger charge is -2.12. The minimum absolute atomic E-state index is 0.0183. The van der Waals surface area contributed by atoms with Crippen LogP contribution in [0.1, 0.15) is 16.8 Å². The molecule has 0 spiro atoms. The van der Waals surface area contributed by atoms with Crippen molar-refractivity contribution in [2.24, 2.45) is 0 Å². The van der Waals surface area contributed by atoms with Crippen molar-refractivity contribution in [2.75, 3.05) is 11.9 Å². The van der Waals surface area contributed by atoms with E-state index in [9.17, 15) is 13.2 Å². The zero-order valence-corrected chi connectivity index (χ0v) is 16.7. The fraction of sp³-hybridized carbons (Fsp3) is 0.0909. The molecular weight excluding hydrogens is 402 g/mol. The Labute approximate surface area is 175 Å². The van der Waals surface area contributed by atoms with Gasteiger partial charge in [0.25, 0.3) is 5.91 Å². The molecule has 0 aliphatic rings. The summed E-state index contributed by atoms with van der Waals surface area (Å²) < 4.78 is 32.5. The van der Waals surface area contributed by atoms with Gasteiger partial charge in [-0.25, -0.2) is 13.1 Å². The Morgan fingerprint density at radius 2 is 1.60 bits per heavy atom. The number of nitriles is 1. The maximum atomic E-state index is 12.6. The summed E-state index contributed by atoms with van der Waals surface area (Å²) in [4.78, 5) is 12.6. The van der Waals surface area contributed by atoms with Crippen LogP contribution in [0.4, 0.5) is 5.69 Å². The van der Waals surface area contributed by atoms with Crippen molar-refractivity contribution in [2.45, 2.75) is 11.3 Å². The standard InChI is InChI=1S/C22H19N3O4S/c23-15-6-16-24-30(27,28)19-13-11-17(12-14-19)22(26)25-20-9-4-5-10-21(20)29-18-7-2-1-3-8-18/h1-5,7-14,24H,6,16H2,(H,25,26). The van der Waals surface area contributed by atoms with E-state index in [0.29, 0.717) is 22.7 Å². The highest BCUT2D eigenvalue weighted by Crippen LogP contribution is 2.29. The van der Waals surface area contributed by atoms with Crippen LogP contribution in [0.5, 0.6) is 11.5 Å². The molecule has 152 valence electrons. The summed E-state index contributed by atoms with van der Waals surface area (Å²) in [6.07, 6.45) is 0.0736. The lowest BCUT2D eigenvalue weighted by Crippen LogP contribution is -2.24. The Bertz CT molecular complexity index is 1150. The van der Waals surface area contributed by atoms with E-state index in [1.54, 1.807) is 24.3 Å². The Hall–Kier alpha value is -3.67. The van der Waals surface area contributed by atoms with Crippen LogP contribution < -0.4 is 14.8 Å². The van der Waals surface area contributed by atoms with Crippen molar-refractivity contribution < 1.29 is 17.9 Å². The van der Waals surface area contributed by atoms with Gasteiger partial charge < -0.3 is 10.1 Å². The fourth-order valence-electron chi connectivity index (χ4n) is 2.58. The molecule has 0 aliphatic carbocycles. The SMILES string of the molecule is N#CCCNS(=O)(=O)c1ccc(C(=O)Nc2ccccc2Oc2ccccc2)cc1. The molecular formula is C22H19N3O4S. The molecule has 0 atom stereocenters. The molecule has 3 aromatic carbocycles. The van der Waals surface area contributed by atoms with Crippen molar-refractivity contribution in [3.05, 3.63) is 84.4 Å². The summed E-state index contributed by atoms with van der Waals surface area (Å²) in [6.45, 7) is 0.0271. The molecule has 0 aliphatic heterocycles. The molecule has 0 saturated carbocycles. The average molecular weight is 421 g/mol. The highest BCUT2D eigenvalue weighted by atomic mass is 32.2. The van der Waals surface area contributed by atoms with Crippen molar-refractivity contribution >= 4 is 21.6 Å². The number of anilines is 1. The predicted molar refractivity (Wildman–Crippen MR) is 113 cm³/mol. The first-order chi connectivity index (χ1) is 14.5. The van der Waals surface area contributed by atoms with E-state index in [1.165, 1.54) is 24.3 Å². The Balaban J connectivity index is 1.72. The van der Waals surface area contributed by atoms with E-state index < -0.39 is 15.9 Å². The minimum atomic E-state index is -3.73. The molecule has 0 bridgehead atoms. The topological polar surface area (TPSA) is 108 Å². The quantitative estimate of drug-likeness (QED) is 0.536. The number of amides is 1. The molecule has 8 heteroatoms. The Kier molecular flexibility index (Phi) is 6.80. The zero-order chi connectivity index (χ0) is 21.4. The molecule has 3 rings (SSSR count). The number of rotatable bonds is 8. The minimum Gasteiger partial charge on any atom is -0.455 e. The normalized spacial score (nSPS) is 10.8. The summed E-state index contributed by atoms with van der Waals surface area (Å²) in [5.41, 5.74) is 0.779. The summed E-state index contributed by atoms with van der Waals surface area (Å²) in [5.74, 6) is 0.719. The third-order valence-corrected chi connectivity index (χ3v) is 5.54. The number of hydrogen-bond acceptors (Lipinski definition) is 5. The number of carbonyl (C=O) groups is 1. The average Bonchev–Trinajstić information content (AvgIpc) is 2.76. The van der Waals surface area contributed by atoms with Crippen LogP contribution in [0, 0.1) is 11.3 Å². The van der Waals surface area contributed by atoms with E-state index in [-0.39, 0.29) is 17.9 Å². The molecule has 30 heavy (non-hydrogen) atoms. The van der Waals surface area contributed by atoms with Crippen LogP contribution in [-0.4, -0.2) is 20.9 Å². The molecule has 2 N–H and O–H groups in total. The second-order valence-corrected chi connectivity index (χ2v) is 7.96. The van der Waals surface area contributed by atoms with Crippen LogP contribution in [0.3, 0.4) is 0 Å². The summed E-state index contributed by atoms with van der Waals surface area (Å²) in [7, 11) is -3.73. The predicted octanol–water partition coefficient (Wildman–Crippen LogP) is 3.92. The molecule has 0 fully saturated rings. The summed E-state index contributed by atoms with van der Waals surface area (Å²) in [6, 6.07) is 23.6. The van der Waals surface area contributed by atoms with Gasteiger partial charge in [0.15, 0.2) is 5.75 Å². The molecule has 0 unspecified atom stereocenters. The zero-order valence-electron chi connectivity index (χ0n) is 15.9. The summed E-state index contributed by atoms with van der Waals surface area (Å²) in [5, 5.41) is 11.3. The van der Waals surface area contributed by atoms with Crippen LogP contribution in [-0.2, 0) is 10.0 Å². The highest BCUT2D eigenvalue weighted by molar-refractivity contribution is 7.89. The first kappa shape index (κ1) is 21.0. The third kappa shape index (κ3) is 5.44. The molecule has 0 radical (unpaired) electrons. The highest BCUT2D eigenvalue weighted by Gasteiger charge is 2.15. The lowest BCUT2D eigenvalue weighted by atomic mass is 10.2.